The highest BCUT2D eigenvalue weighted by molar-refractivity contribution is 5.79. The molecule has 0 atom stereocenters. The summed E-state index contributed by atoms with van der Waals surface area (Å²) < 4.78 is 5.28. The van der Waals surface area contributed by atoms with Crippen LogP contribution in [0.5, 0.6) is 0 Å². The first kappa shape index (κ1) is 12.8. The van der Waals surface area contributed by atoms with Gasteiger partial charge in [-0.2, -0.15) is 0 Å². The molecule has 5 heteroatoms. The van der Waals surface area contributed by atoms with E-state index in [1.807, 2.05) is 0 Å². The first-order chi connectivity index (χ1) is 8.26. The van der Waals surface area contributed by atoms with Crippen molar-refractivity contribution in [1.29, 1.82) is 0 Å². The van der Waals surface area contributed by atoms with Gasteiger partial charge < -0.3 is 20.5 Å². The van der Waals surface area contributed by atoms with Crippen molar-refractivity contribution >= 4 is 5.91 Å². The van der Waals surface area contributed by atoms with Crippen molar-refractivity contribution in [1.82, 2.24) is 10.6 Å². The number of hydrogen-bond acceptors (Lipinski definition) is 4. The van der Waals surface area contributed by atoms with Crippen molar-refractivity contribution < 1.29 is 14.6 Å². The molecule has 2 fully saturated rings. The van der Waals surface area contributed by atoms with E-state index in [0.29, 0.717) is 26.1 Å². The van der Waals surface area contributed by atoms with Gasteiger partial charge in [0.15, 0.2) is 0 Å². The number of piperidine rings is 1. The summed E-state index contributed by atoms with van der Waals surface area (Å²) >= 11 is 0. The molecule has 0 bridgehead atoms. The Labute approximate surface area is 102 Å². The molecule has 0 spiro atoms. The van der Waals surface area contributed by atoms with Crippen molar-refractivity contribution in [2.75, 3.05) is 32.9 Å². The van der Waals surface area contributed by atoms with Gasteiger partial charge in [-0.1, -0.05) is 0 Å². The zero-order valence-corrected chi connectivity index (χ0v) is 10.2. The van der Waals surface area contributed by atoms with Gasteiger partial charge in [0.25, 0.3) is 0 Å². The molecule has 3 N–H and O–H groups in total. The normalized spacial score (nSPS) is 25.5. The fourth-order valence-electron chi connectivity index (χ4n) is 2.53. The smallest absolute Gasteiger partial charge is 0.223 e. The molecule has 5 nitrogen and oxygen atoms in total. The summed E-state index contributed by atoms with van der Waals surface area (Å²) in [5.74, 6) is 0.199. The van der Waals surface area contributed by atoms with Crippen LogP contribution in [0.1, 0.15) is 25.7 Å². The van der Waals surface area contributed by atoms with Crippen LogP contribution in [0, 0.1) is 5.92 Å². The fourth-order valence-corrected chi connectivity index (χ4v) is 2.53. The second kappa shape index (κ2) is 5.80. The standard InChI is InChI=1S/C12H22N2O3/c15-9-12(3-7-17-8-4-12)14-11(16)10-1-5-13-6-2-10/h10,13,15H,1-9H2,(H,14,16). The van der Waals surface area contributed by atoms with Gasteiger partial charge in [-0.25, -0.2) is 0 Å². The van der Waals surface area contributed by atoms with Gasteiger partial charge in [-0.15, -0.1) is 0 Å². The number of carbonyl (C=O) groups excluding carboxylic acids is 1. The second-order valence-electron chi connectivity index (χ2n) is 5.06. The Hall–Kier alpha value is -0.650. The molecule has 0 aromatic heterocycles. The van der Waals surface area contributed by atoms with E-state index >= 15 is 0 Å². The molecule has 2 saturated heterocycles. The van der Waals surface area contributed by atoms with Gasteiger partial charge >= 0.3 is 0 Å². The van der Waals surface area contributed by atoms with Gasteiger partial charge in [0, 0.05) is 19.1 Å². The first-order valence-electron chi connectivity index (χ1n) is 6.47. The van der Waals surface area contributed by atoms with Crippen molar-refractivity contribution in [2.24, 2.45) is 5.92 Å². The average Bonchev–Trinajstić information content (AvgIpc) is 2.41. The summed E-state index contributed by atoms with van der Waals surface area (Å²) in [6.07, 6.45) is 3.20. The molecule has 0 unspecified atom stereocenters. The van der Waals surface area contributed by atoms with Crippen molar-refractivity contribution in [2.45, 2.75) is 31.2 Å². The Morgan fingerprint density at radius 3 is 2.59 bits per heavy atom. The SMILES string of the molecule is O=C(NC1(CO)CCOCC1)C1CCNCC1. The topological polar surface area (TPSA) is 70.6 Å². The minimum atomic E-state index is -0.444. The number of aliphatic hydroxyl groups is 1. The molecular weight excluding hydrogens is 220 g/mol. The number of amides is 1. The van der Waals surface area contributed by atoms with Crippen LogP contribution in [0.15, 0.2) is 0 Å². The van der Waals surface area contributed by atoms with Gasteiger partial charge in [0.1, 0.15) is 0 Å². The zero-order valence-electron chi connectivity index (χ0n) is 10.2. The molecule has 0 aliphatic carbocycles. The molecule has 17 heavy (non-hydrogen) atoms. The maximum atomic E-state index is 12.1. The highest BCUT2D eigenvalue weighted by Crippen LogP contribution is 2.22. The highest BCUT2D eigenvalue weighted by Gasteiger charge is 2.35. The summed E-state index contributed by atoms with van der Waals surface area (Å²) in [6.45, 7) is 3.06. The largest absolute Gasteiger partial charge is 0.394 e. The number of hydrogen-bond donors (Lipinski definition) is 3. The Balaban J connectivity index is 1.90. The van der Waals surface area contributed by atoms with E-state index in [0.717, 1.165) is 25.9 Å². The Morgan fingerprint density at radius 2 is 2.00 bits per heavy atom. The second-order valence-corrected chi connectivity index (χ2v) is 5.06. The maximum absolute atomic E-state index is 12.1. The van der Waals surface area contributed by atoms with Crippen LogP contribution in [-0.4, -0.2) is 49.5 Å². The quantitative estimate of drug-likeness (QED) is 0.632. The predicted molar refractivity (Wildman–Crippen MR) is 63.6 cm³/mol. The fraction of sp³-hybridized carbons (Fsp3) is 0.917. The minimum Gasteiger partial charge on any atom is -0.394 e. The van der Waals surface area contributed by atoms with Crippen molar-refractivity contribution in [3.8, 4) is 0 Å². The summed E-state index contributed by atoms with van der Waals surface area (Å²) in [6, 6.07) is 0. The van der Waals surface area contributed by atoms with Crippen LogP contribution in [0.3, 0.4) is 0 Å². The van der Waals surface area contributed by atoms with E-state index in [2.05, 4.69) is 10.6 Å². The van der Waals surface area contributed by atoms with Crippen LogP contribution in [0.25, 0.3) is 0 Å². The summed E-state index contributed by atoms with van der Waals surface area (Å²) in [5, 5.41) is 15.8. The van der Waals surface area contributed by atoms with E-state index in [1.165, 1.54) is 0 Å². The van der Waals surface area contributed by atoms with Gasteiger partial charge in [0.05, 0.1) is 12.1 Å². The molecule has 2 aliphatic rings. The summed E-state index contributed by atoms with van der Waals surface area (Å²) in [4.78, 5) is 12.1. The Morgan fingerprint density at radius 1 is 1.35 bits per heavy atom. The molecule has 0 aromatic carbocycles. The van der Waals surface area contributed by atoms with Gasteiger partial charge in [-0.05, 0) is 38.8 Å². The van der Waals surface area contributed by atoms with E-state index in [9.17, 15) is 9.90 Å². The number of ether oxygens (including phenoxy) is 1. The van der Waals surface area contributed by atoms with Crippen LogP contribution < -0.4 is 10.6 Å². The van der Waals surface area contributed by atoms with Crippen molar-refractivity contribution in [3.63, 3.8) is 0 Å². The zero-order chi connectivity index (χ0) is 12.1. The van der Waals surface area contributed by atoms with Crippen LogP contribution >= 0.6 is 0 Å². The lowest BCUT2D eigenvalue weighted by molar-refractivity contribution is -0.130. The molecule has 0 aromatic rings. The third-order valence-corrected chi connectivity index (χ3v) is 3.85. The third-order valence-electron chi connectivity index (χ3n) is 3.85. The number of nitrogens with one attached hydrogen (secondary N) is 2. The third kappa shape index (κ3) is 3.18. The maximum Gasteiger partial charge on any atom is 0.223 e. The van der Waals surface area contributed by atoms with E-state index in [1.54, 1.807) is 0 Å². The van der Waals surface area contributed by atoms with Crippen LogP contribution in [0.4, 0.5) is 0 Å². The lowest BCUT2D eigenvalue weighted by Gasteiger charge is -2.37. The average molecular weight is 242 g/mol. The van der Waals surface area contributed by atoms with E-state index < -0.39 is 5.54 Å². The molecule has 2 rings (SSSR count). The molecule has 2 aliphatic heterocycles. The number of carbonyl (C=O) groups is 1. The minimum absolute atomic E-state index is 0.00701. The Bertz CT molecular complexity index is 258. The summed E-state index contributed by atoms with van der Waals surface area (Å²) in [5.41, 5.74) is -0.444. The van der Waals surface area contributed by atoms with E-state index in [4.69, 9.17) is 4.74 Å². The van der Waals surface area contributed by atoms with Gasteiger partial charge in [0.2, 0.25) is 5.91 Å². The van der Waals surface area contributed by atoms with Crippen molar-refractivity contribution in [3.05, 3.63) is 0 Å². The molecule has 98 valence electrons. The monoisotopic (exact) mass is 242 g/mol. The first-order valence-corrected chi connectivity index (χ1v) is 6.47. The molecule has 0 radical (unpaired) electrons. The number of aliphatic hydroxyl groups excluding tert-OH is 1. The lowest BCUT2D eigenvalue weighted by Crippen LogP contribution is -2.56. The van der Waals surface area contributed by atoms with Gasteiger partial charge in [-0.3, -0.25) is 4.79 Å². The molecule has 0 saturated carbocycles. The Kier molecular flexibility index (Phi) is 4.36. The number of rotatable bonds is 3. The highest BCUT2D eigenvalue weighted by atomic mass is 16.5. The molecule has 2 heterocycles. The molecule has 1 amide bonds. The lowest BCUT2D eigenvalue weighted by atomic mass is 9.88. The summed E-state index contributed by atoms with van der Waals surface area (Å²) in [7, 11) is 0. The van der Waals surface area contributed by atoms with Crippen LogP contribution in [0.2, 0.25) is 0 Å². The molecular formula is C12H22N2O3. The van der Waals surface area contributed by atoms with Crippen LogP contribution in [-0.2, 0) is 9.53 Å². The van der Waals surface area contributed by atoms with E-state index in [-0.39, 0.29) is 18.4 Å². The predicted octanol–water partition coefficient (Wildman–Crippen LogP) is -0.356.